The molecular weight excluding hydrogens is 415 g/mol. The molecule has 0 saturated heterocycles. The van der Waals surface area contributed by atoms with Gasteiger partial charge in [0.25, 0.3) is 5.91 Å². The maximum absolute atomic E-state index is 13.2. The fourth-order valence-corrected chi connectivity index (χ4v) is 4.42. The lowest BCUT2D eigenvalue weighted by atomic mass is 10.1. The molecule has 0 heterocycles. The minimum absolute atomic E-state index is 0.0480. The Kier molecular flexibility index (Phi) is 6.15. The van der Waals surface area contributed by atoms with E-state index < -0.39 is 10.0 Å². The van der Waals surface area contributed by atoms with Gasteiger partial charge < -0.3 is 4.90 Å². The predicted molar refractivity (Wildman–Crippen MR) is 116 cm³/mol. The number of sulfonamides is 1. The monoisotopic (exact) mass is 438 g/mol. The van der Waals surface area contributed by atoms with E-state index in [0.29, 0.717) is 12.1 Å². The SMILES string of the molecule is O=C(c1cccc(S(=O)(=O)NCc2ccccc2)c1)N(Cc1ccc(F)cc1)C1CC1. The molecule has 0 unspecified atom stereocenters. The van der Waals surface area contributed by atoms with Crippen LogP contribution >= 0.6 is 0 Å². The van der Waals surface area contributed by atoms with Crippen LogP contribution in [-0.4, -0.2) is 25.3 Å². The number of carbonyl (C=O) groups excluding carboxylic acids is 1. The third kappa shape index (κ3) is 5.37. The number of hydrogen-bond acceptors (Lipinski definition) is 3. The van der Waals surface area contributed by atoms with Gasteiger partial charge in [-0.1, -0.05) is 48.5 Å². The minimum Gasteiger partial charge on any atom is -0.331 e. The largest absolute Gasteiger partial charge is 0.331 e. The molecule has 0 aliphatic heterocycles. The predicted octanol–water partition coefficient (Wildman–Crippen LogP) is 4.11. The molecule has 1 amide bonds. The zero-order chi connectivity index (χ0) is 21.8. The molecule has 0 aromatic heterocycles. The van der Waals surface area contributed by atoms with E-state index in [1.54, 1.807) is 29.2 Å². The van der Waals surface area contributed by atoms with Gasteiger partial charge in [0.15, 0.2) is 0 Å². The normalized spacial score (nSPS) is 13.7. The Morgan fingerprint density at radius 1 is 0.935 bits per heavy atom. The summed E-state index contributed by atoms with van der Waals surface area (Å²) in [6, 6.07) is 21.5. The van der Waals surface area contributed by atoms with E-state index in [2.05, 4.69) is 4.72 Å². The molecule has 4 rings (SSSR count). The number of nitrogens with zero attached hydrogens (tertiary/aromatic N) is 1. The van der Waals surface area contributed by atoms with Crippen LogP contribution in [0.5, 0.6) is 0 Å². The van der Waals surface area contributed by atoms with Gasteiger partial charge in [0.1, 0.15) is 5.82 Å². The summed E-state index contributed by atoms with van der Waals surface area (Å²) in [7, 11) is -3.77. The summed E-state index contributed by atoms with van der Waals surface area (Å²) < 4.78 is 41.3. The van der Waals surface area contributed by atoms with Gasteiger partial charge in [0, 0.05) is 24.7 Å². The highest BCUT2D eigenvalue weighted by molar-refractivity contribution is 7.89. The fraction of sp³-hybridized carbons (Fsp3) is 0.208. The molecule has 0 radical (unpaired) electrons. The van der Waals surface area contributed by atoms with Crippen molar-refractivity contribution in [2.45, 2.75) is 36.9 Å². The second-order valence-corrected chi connectivity index (χ2v) is 9.40. The van der Waals surface area contributed by atoms with Crippen molar-refractivity contribution in [3.63, 3.8) is 0 Å². The molecule has 31 heavy (non-hydrogen) atoms. The second-order valence-electron chi connectivity index (χ2n) is 7.63. The van der Waals surface area contributed by atoms with Gasteiger partial charge in [-0.2, -0.15) is 0 Å². The molecule has 0 atom stereocenters. The van der Waals surface area contributed by atoms with Crippen molar-refractivity contribution < 1.29 is 17.6 Å². The Balaban J connectivity index is 1.51. The number of benzene rings is 3. The van der Waals surface area contributed by atoms with Crippen molar-refractivity contribution in [2.24, 2.45) is 0 Å². The molecule has 0 bridgehead atoms. The summed E-state index contributed by atoms with van der Waals surface area (Å²) in [5, 5.41) is 0. The highest BCUT2D eigenvalue weighted by atomic mass is 32.2. The highest BCUT2D eigenvalue weighted by Crippen LogP contribution is 2.30. The van der Waals surface area contributed by atoms with E-state index >= 15 is 0 Å². The molecule has 1 aliphatic carbocycles. The molecule has 3 aromatic rings. The molecular formula is C24H23FN2O3S. The summed E-state index contributed by atoms with van der Waals surface area (Å²) in [6.45, 7) is 0.521. The minimum atomic E-state index is -3.77. The summed E-state index contributed by atoms with van der Waals surface area (Å²) in [5.74, 6) is -0.555. The van der Waals surface area contributed by atoms with E-state index in [1.807, 2.05) is 30.3 Å². The molecule has 3 aromatic carbocycles. The molecule has 1 aliphatic rings. The Morgan fingerprint density at radius 2 is 1.65 bits per heavy atom. The van der Waals surface area contributed by atoms with Gasteiger partial charge in [-0.15, -0.1) is 0 Å². The van der Waals surface area contributed by atoms with Gasteiger partial charge in [0.2, 0.25) is 10.0 Å². The highest BCUT2D eigenvalue weighted by Gasteiger charge is 2.33. The number of rotatable bonds is 8. The average Bonchev–Trinajstić information content (AvgIpc) is 3.63. The summed E-state index contributed by atoms with van der Waals surface area (Å²) >= 11 is 0. The maximum atomic E-state index is 13.2. The molecule has 0 spiro atoms. The Bertz CT molecular complexity index is 1160. The summed E-state index contributed by atoms with van der Waals surface area (Å²) in [4.78, 5) is 15.0. The van der Waals surface area contributed by atoms with Gasteiger partial charge in [-0.3, -0.25) is 4.79 Å². The lowest BCUT2D eigenvalue weighted by molar-refractivity contribution is 0.0729. The number of halogens is 1. The Morgan fingerprint density at radius 3 is 2.32 bits per heavy atom. The summed E-state index contributed by atoms with van der Waals surface area (Å²) in [6.07, 6.45) is 1.81. The molecule has 1 fully saturated rings. The van der Waals surface area contributed by atoms with Crippen molar-refractivity contribution in [3.05, 3.63) is 101 Å². The van der Waals surface area contributed by atoms with Crippen molar-refractivity contribution in [2.75, 3.05) is 0 Å². The van der Waals surface area contributed by atoms with Crippen molar-refractivity contribution in [1.29, 1.82) is 0 Å². The van der Waals surface area contributed by atoms with Crippen LogP contribution in [-0.2, 0) is 23.1 Å². The van der Waals surface area contributed by atoms with Gasteiger partial charge in [-0.05, 0) is 54.3 Å². The number of hydrogen-bond donors (Lipinski definition) is 1. The van der Waals surface area contributed by atoms with Crippen molar-refractivity contribution in [3.8, 4) is 0 Å². The van der Waals surface area contributed by atoms with Crippen LogP contribution in [0.4, 0.5) is 4.39 Å². The average molecular weight is 439 g/mol. The van der Waals surface area contributed by atoms with E-state index in [9.17, 15) is 17.6 Å². The number of nitrogens with one attached hydrogen (secondary N) is 1. The van der Waals surface area contributed by atoms with E-state index in [4.69, 9.17) is 0 Å². The second kappa shape index (κ2) is 8.99. The molecule has 7 heteroatoms. The van der Waals surface area contributed by atoms with Gasteiger partial charge >= 0.3 is 0 Å². The van der Waals surface area contributed by atoms with Crippen molar-refractivity contribution >= 4 is 15.9 Å². The van der Waals surface area contributed by atoms with Crippen LogP contribution in [0.1, 0.15) is 34.3 Å². The third-order valence-corrected chi connectivity index (χ3v) is 6.61. The zero-order valence-electron chi connectivity index (χ0n) is 16.9. The molecule has 160 valence electrons. The van der Waals surface area contributed by atoms with Crippen LogP contribution in [0.2, 0.25) is 0 Å². The van der Waals surface area contributed by atoms with Crippen molar-refractivity contribution in [1.82, 2.24) is 9.62 Å². The van der Waals surface area contributed by atoms with Gasteiger partial charge in [0.05, 0.1) is 4.90 Å². The number of amides is 1. The third-order valence-electron chi connectivity index (χ3n) is 5.22. The maximum Gasteiger partial charge on any atom is 0.254 e. The first-order valence-electron chi connectivity index (χ1n) is 10.1. The topological polar surface area (TPSA) is 66.5 Å². The lowest BCUT2D eigenvalue weighted by Gasteiger charge is -2.23. The molecule has 1 saturated carbocycles. The summed E-state index contributed by atoms with van der Waals surface area (Å²) in [5.41, 5.74) is 1.99. The van der Waals surface area contributed by atoms with E-state index in [-0.39, 0.29) is 29.2 Å². The van der Waals surface area contributed by atoms with Crippen LogP contribution in [0.3, 0.4) is 0 Å². The van der Waals surface area contributed by atoms with E-state index in [1.165, 1.54) is 24.3 Å². The Labute approximate surface area is 181 Å². The van der Waals surface area contributed by atoms with E-state index in [0.717, 1.165) is 24.0 Å². The Hall–Kier alpha value is -3.03. The molecule has 1 N–H and O–H groups in total. The van der Waals surface area contributed by atoms with Crippen LogP contribution in [0.25, 0.3) is 0 Å². The van der Waals surface area contributed by atoms with Crippen LogP contribution in [0, 0.1) is 5.82 Å². The lowest BCUT2D eigenvalue weighted by Crippen LogP contribution is -2.33. The smallest absolute Gasteiger partial charge is 0.254 e. The van der Waals surface area contributed by atoms with Crippen LogP contribution < -0.4 is 4.72 Å². The fourth-order valence-electron chi connectivity index (χ4n) is 3.36. The standard InChI is InChI=1S/C24H23FN2O3S/c25-21-11-9-19(10-12-21)17-27(22-13-14-22)24(28)20-7-4-8-23(15-20)31(29,30)26-16-18-5-2-1-3-6-18/h1-12,15,22,26H,13-14,16-17H2. The first-order valence-corrected chi connectivity index (χ1v) is 11.6. The quantitative estimate of drug-likeness (QED) is 0.576. The number of carbonyl (C=O) groups is 1. The van der Waals surface area contributed by atoms with Crippen LogP contribution in [0.15, 0.2) is 83.8 Å². The van der Waals surface area contributed by atoms with Gasteiger partial charge in [-0.25, -0.2) is 17.5 Å². The zero-order valence-corrected chi connectivity index (χ0v) is 17.7. The first kappa shape index (κ1) is 21.2. The molecule has 5 nitrogen and oxygen atoms in total. The first-order chi connectivity index (χ1) is 14.9.